The Balaban J connectivity index is 1.43. The van der Waals surface area contributed by atoms with E-state index in [1.807, 2.05) is 12.1 Å². The molecular weight excluding hydrogens is 501 g/mol. The fourth-order valence-corrected chi connectivity index (χ4v) is 6.18. The van der Waals surface area contributed by atoms with E-state index in [0.717, 1.165) is 50.1 Å². The van der Waals surface area contributed by atoms with Gasteiger partial charge in [-0.3, -0.25) is 0 Å². The fourth-order valence-electron chi connectivity index (χ4n) is 5.12. The van der Waals surface area contributed by atoms with Crippen LogP contribution >= 0.6 is 22.9 Å². The van der Waals surface area contributed by atoms with Gasteiger partial charge in [-0.1, -0.05) is 35.1 Å². The summed E-state index contributed by atoms with van der Waals surface area (Å²) in [5.74, 6) is 0.122. The lowest BCUT2D eigenvalue weighted by molar-refractivity contribution is 0.314. The number of nitrogens with one attached hydrogen (secondary N) is 2. The second kappa shape index (κ2) is 9.59. The highest BCUT2D eigenvalue weighted by Gasteiger charge is 2.27. The number of para-hydroxylation sites is 1. The molecule has 2 aromatic carbocycles. The van der Waals surface area contributed by atoms with E-state index in [-0.39, 0.29) is 22.1 Å². The first-order chi connectivity index (χ1) is 17.5. The smallest absolute Gasteiger partial charge is 0.318 e. The van der Waals surface area contributed by atoms with Gasteiger partial charge in [-0.15, -0.1) is 0 Å². The number of nitrogen functional groups attached to an aromatic ring is 1. The van der Waals surface area contributed by atoms with Gasteiger partial charge in [-0.2, -0.15) is 9.97 Å². The third kappa shape index (κ3) is 4.21. The maximum absolute atomic E-state index is 16.2. The number of nitrogens with zero attached hydrogens (tertiary/aromatic N) is 4. The Labute approximate surface area is 217 Å². The fraction of sp³-hybridized carbons (Fsp3) is 0.400. The lowest BCUT2D eigenvalue weighted by atomic mass is 10.0. The topological polar surface area (TPSA) is 101 Å². The molecule has 0 radical (unpaired) electrons. The van der Waals surface area contributed by atoms with E-state index in [1.165, 1.54) is 18.4 Å². The van der Waals surface area contributed by atoms with Crippen molar-refractivity contribution < 1.29 is 9.13 Å². The molecular formula is C25H27ClFN7OS. The van der Waals surface area contributed by atoms with Crippen molar-refractivity contribution in [3.05, 3.63) is 35.1 Å². The Morgan fingerprint density at radius 2 is 2.03 bits per heavy atom. The van der Waals surface area contributed by atoms with Crippen LogP contribution in [0.4, 0.5) is 15.3 Å². The van der Waals surface area contributed by atoms with Gasteiger partial charge in [-0.05, 0) is 31.4 Å². The molecule has 11 heteroatoms. The molecule has 0 bridgehead atoms. The second-order valence-electron chi connectivity index (χ2n) is 9.32. The third-order valence-electron chi connectivity index (χ3n) is 7.01. The van der Waals surface area contributed by atoms with Crippen LogP contribution < -0.4 is 26.0 Å². The van der Waals surface area contributed by atoms with Crippen LogP contribution in [0.5, 0.6) is 6.01 Å². The minimum absolute atomic E-state index is 0.125. The number of anilines is 2. The Kier molecular flexibility index (Phi) is 6.28. The first-order valence-corrected chi connectivity index (χ1v) is 13.3. The Bertz CT molecular complexity index is 1440. The lowest BCUT2D eigenvalue weighted by Gasteiger charge is -2.32. The molecule has 6 rings (SSSR count). The molecule has 2 aliphatic rings. The van der Waals surface area contributed by atoms with E-state index in [2.05, 4.69) is 30.5 Å². The zero-order valence-corrected chi connectivity index (χ0v) is 21.4. The van der Waals surface area contributed by atoms with Gasteiger partial charge in [0, 0.05) is 54.8 Å². The monoisotopic (exact) mass is 527 g/mol. The SMILES string of the molecule is COc1nc(N2CCCC(NC3CNC3)CC2)c2cc(Cl)c(-c3cccc4sc(N)nc34)c(F)c2n1. The van der Waals surface area contributed by atoms with Crippen molar-refractivity contribution in [1.29, 1.82) is 0 Å². The van der Waals surface area contributed by atoms with Crippen LogP contribution in [-0.2, 0) is 0 Å². The molecule has 4 heterocycles. The average molecular weight is 528 g/mol. The van der Waals surface area contributed by atoms with Gasteiger partial charge in [0.25, 0.3) is 0 Å². The predicted octanol–water partition coefficient (Wildman–Crippen LogP) is 4.21. The van der Waals surface area contributed by atoms with Crippen LogP contribution in [0.2, 0.25) is 5.02 Å². The summed E-state index contributed by atoms with van der Waals surface area (Å²) in [5, 5.41) is 8.33. The van der Waals surface area contributed by atoms with Crippen molar-refractivity contribution >= 4 is 55.0 Å². The lowest BCUT2D eigenvalue weighted by Crippen LogP contribution is -2.58. The van der Waals surface area contributed by atoms with E-state index in [1.54, 1.807) is 12.1 Å². The van der Waals surface area contributed by atoms with Gasteiger partial charge in [-0.25, -0.2) is 9.37 Å². The molecule has 8 nitrogen and oxygen atoms in total. The first-order valence-electron chi connectivity index (χ1n) is 12.1. The second-order valence-corrected chi connectivity index (χ2v) is 10.8. The normalized spacial score (nSPS) is 19.0. The average Bonchev–Trinajstić information content (AvgIpc) is 3.07. The Morgan fingerprint density at radius 1 is 1.17 bits per heavy atom. The maximum atomic E-state index is 16.2. The number of rotatable bonds is 5. The number of hydrogen-bond acceptors (Lipinski definition) is 9. The van der Waals surface area contributed by atoms with Crippen LogP contribution in [0.25, 0.3) is 32.2 Å². The number of ether oxygens (including phenoxy) is 1. The summed E-state index contributed by atoms with van der Waals surface area (Å²) in [5.41, 5.74) is 7.56. The maximum Gasteiger partial charge on any atom is 0.318 e. The third-order valence-corrected chi connectivity index (χ3v) is 8.16. The number of benzene rings is 2. The molecule has 1 unspecified atom stereocenters. The summed E-state index contributed by atoms with van der Waals surface area (Å²) in [6.45, 7) is 3.66. The molecule has 2 fully saturated rings. The summed E-state index contributed by atoms with van der Waals surface area (Å²) in [6.07, 6.45) is 3.08. The van der Waals surface area contributed by atoms with Gasteiger partial charge in [0.15, 0.2) is 10.9 Å². The van der Waals surface area contributed by atoms with Crippen LogP contribution in [0.3, 0.4) is 0 Å². The molecule has 2 aliphatic heterocycles. The van der Waals surface area contributed by atoms with Gasteiger partial charge < -0.3 is 26.0 Å². The van der Waals surface area contributed by atoms with Crippen LogP contribution in [0.1, 0.15) is 19.3 Å². The number of hydrogen-bond donors (Lipinski definition) is 3. The van der Waals surface area contributed by atoms with E-state index in [0.29, 0.717) is 39.5 Å². The number of thiazole rings is 1. The standard InChI is InChI=1S/C25H27ClFN7OS/c1-35-25-32-22-16(23(33-25)34-8-3-4-13(7-9-34)30-14-11-29-12-14)10-17(26)19(20(22)27)15-5-2-6-18-21(15)31-24(28)36-18/h2,5-6,10,13-14,29-30H,3-4,7-9,11-12H2,1H3,(H2,28,31). The minimum atomic E-state index is -0.523. The molecule has 0 spiro atoms. The number of methoxy groups -OCH3 is 1. The van der Waals surface area contributed by atoms with E-state index in [4.69, 9.17) is 22.1 Å². The molecule has 0 aliphatic carbocycles. The van der Waals surface area contributed by atoms with Crippen LogP contribution in [0, 0.1) is 5.82 Å². The number of fused-ring (bicyclic) bond motifs is 2. The van der Waals surface area contributed by atoms with Crippen molar-refractivity contribution in [2.45, 2.75) is 31.3 Å². The first kappa shape index (κ1) is 23.6. The molecule has 2 saturated heterocycles. The molecule has 4 aromatic rings. The zero-order chi connectivity index (χ0) is 24.8. The molecule has 188 valence electrons. The van der Waals surface area contributed by atoms with Crippen LogP contribution in [-0.4, -0.2) is 60.3 Å². The molecule has 1 atom stereocenters. The van der Waals surface area contributed by atoms with Crippen molar-refractivity contribution in [3.63, 3.8) is 0 Å². The molecule has 0 saturated carbocycles. The molecule has 4 N–H and O–H groups in total. The van der Waals surface area contributed by atoms with Gasteiger partial charge in [0.2, 0.25) is 0 Å². The highest BCUT2D eigenvalue weighted by Crippen LogP contribution is 2.42. The highest BCUT2D eigenvalue weighted by molar-refractivity contribution is 7.22. The van der Waals surface area contributed by atoms with Gasteiger partial charge in [0.1, 0.15) is 11.3 Å². The predicted molar refractivity (Wildman–Crippen MR) is 144 cm³/mol. The summed E-state index contributed by atoms with van der Waals surface area (Å²) >= 11 is 8.11. The van der Waals surface area contributed by atoms with Gasteiger partial charge >= 0.3 is 6.01 Å². The summed E-state index contributed by atoms with van der Waals surface area (Å²) in [6, 6.07) is 8.45. The Morgan fingerprint density at radius 3 is 2.81 bits per heavy atom. The zero-order valence-electron chi connectivity index (χ0n) is 19.9. The largest absolute Gasteiger partial charge is 0.467 e. The van der Waals surface area contributed by atoms with E-state index in [9.17, 15) is 0 Å². The molecule has 36 heavy (non-hydrogen) atoms. The summed E-state index contributed by atoms with van der Waals surface area (Å²) in [7, 11) is 1.49. The van der Waals surface area contributed by atoms with Crippen molar-refractivity contribution in [1.82, 2.24) is 25.6 Å². The summed E-state index contributed by atoms with van der Waals surface area (Å²) < 4.78 is 22.5. The highest BCUT2D eigenvalue weighted by atomic mass is 35.5. The van der Waals surface area contributed by atoms with Crippen LogP contribution in [0.15, 0.2) is 24.3 Å². The quantitative estimate of drug-likeness (QED) is 0.355. The molecule has 0 amide bonds. The van der Waals surface area contributed by atoms with Gasteiger partial charge in [0.05, 0.1) is 22.3 Å². The molecule has 2 aromatic heterocycles. The van der Waals surface area contributed by atoms with Crippen molar-refractivity contribution in [2.24, 2.45) is 0 Å². The van der Waals surface area contributed by atoms with E-state index < -0.39 is 5.82 Å². The number of aromatic nitrogens is 3. The summed E-state index contributed by atoms with van der Waals surface area (Å²) in [4.78, 5) is 15.7. The Hall–Kier alpha value is -2.79. The number of halogens is 2. The number of nitrogens with two attached hydrogens (primary N) is 1. The van der Waals surface area contributed by atoms with Crippen molar-refractivity contribution in [2.75, 3.05) is 43.9 Å². The minimum Gasteiger partial charge on any atom is -0.467 e. The van der Waals surface area contributed by atoms with E-state index >= 15 is 4.39 Å². The van der Waals surface area contributed by atoms with Crippen molar-refractivity contribution in [3.8, 4) is 17.1 Å².